The SMILES string of the molecule is COCC(NC(=O)N1C[C@@H](C(F)(F)F)[C@H](C(=O)O)C1)c1ccc(C)o1. The summed E-state index contributed by atoms with van der Waals surface area (Å²) in [6.07, 6.45) is -4.69. The molecular formula is C15H19F3N2O5. The molecule has 0 saturated carbocycles. The first-order valence-corrected chi connectivity index (χ1v) is 7.53. The number of hydrogen-bond donors (Lipinski definition) is 2. The average molecular weight is 364 g/mol. The molecule has 0 spiro atoms. The lowest BCUT2D eigenvalue weighted by molar-refractivity contribution is -0.187. The fourth-order valence-corrected chi connectivity index (χ4v) is 2.79. The molecule has 2 heterocycles. The van der Waals surface area contributed by atoms with Crippen molar-refractivity contribution in [2.75, 3.05) is 26.8 Å². The van der Waals surface area contributed by atoms with Crippen LogP contribution in [0.2, 0.25) is 0 Å². The molecule has 1 unspecified atom stereocenters. The molecule has 0 aromatic carbocycles. The molecular weight excluding hydrogens is 345 g/mol. The third kappa shape index (κ3) is 4.44. The summed E-state index contributed by atoms with van der Waals surface area (Å²) in [6.45, 7) is 0.546. The first kappa shape index (κ1) is 19.1. The van der Waals surface area contributed by atoms with Gasteiger partial charge in [0.25, 0.3) is 0 Å². The number of aryl methyl sites for hydroxylation is 1. The first-order chi connectivity index (χ1) is 11.6. The minimum absolute atomic E-state index is 0.0532. The number of likely N-dealkylation sites (tertiary alicyclic amines) is 1. The number of urea groups is 1. The van der Waals surface area contributed by atoms with Crippen molar-refractivity contribution in [3.8, 4) is 0 Å². The van der Waals surface area contributed by atoms with Gasteiger partial charge in [0, 0.05) is 20.2 Å². The zero-order valence-electron chi connectivity index (χ0n) is 13.7. The number of nitrogens with one attached hydrogen (secondary N) is 1. The maximum atomic E-state index is 13.0. The van der Waals surface area contributed by atoms with Gasteiger partial charge >= 0.3 is 18.2 Å². The quantitative estimate of drug-likeness (QED) is 0.836. The van der Waals surface area contributed by atoms with Gasteiger partial charge in [0.15, 0.2) is 0 Å². The Kier molecular flexibility index (Phi) is 5.61. The van der Waals surface area contributed by atoms with Gasteiger partial charge in [0.05, 0.1) is 18.4 Å². The smallest absolute Gasteiger partial charge is 0.394 e. The van der Waals surface area contributed by atoms with E-state index in [-0.39, 0.29) is 6.61 Å². The van der Waals surface area contributed by atoms with Crippen LogP contribution in [0.1, 0.15) is 17.6 Å². The monoisotopic (exact) mass is 364 g/mol. The zero-order valence-corrected chi connectivity index (χ0v) is 13.7. The number of methoxy groups -OCH3 is 1. The highest BCUT2D eigenvalue weighted by Gasteiger charge is 2.53. The number of furan rings is 1. The van der Waals surface area contributed by atoms with Gasteiger partial charge in [-0.05, 0) is 19.1 Å². The lowest BCUT2D eigenvalue weighted by Crippen LogP contribution is -2.42. The van der Waals surface area contributed by atoms with Gasteiger partial charge in [-0.15, -0.1) is 0 Å². The van der Waals surface area contributed by atoms with Gasteiger partial charge in [0.2, 0.25) is 0 Å². The van der Waals surface area contributed by atoms with E-state index in [1.807, 2.05) is 0 Å². The van der Waals surface area contributed by atoms with Gasteiger partial charge in [-0.2, -0.15) is 13.2 Å². The molecule has 25 heavy (non-hydrogen) atoms. The molecule has 2 N–H and O–H groups in total. The minimum Gasteiger partial charge on any atom is -0.481 e. The number of halogens is 3. The van der Waals surface area contributed by atoms with Gasteiger partial charge in [-0.25, -0.2) is 4.79 Å². The van der Waals surface area contributed by atoms with E-state index in [4.69, 9.17) is 14.3 Å². The Morgan fingerprint density at radius 2 is 2.12 bits per heavy atom. The normalized spacial score (nSPS) is 22.0. The highest BCUT2D eigenvalue weighted by atomic mass is 19.4. The molecule has 3 atom stereocenters. The molecule has 2 rings (SSSR count). The van der Waals surface area contributed by atoms with Crippen molar-refractivity contribution in [2.45, 2.75) is 19.1 Å². The molecule has 1 fully saturated rings. The van der Waals surface area contributed by atoms with E-state index in [9.17, 15) is 22.8 Å². The molecule has 1 aromatic rings. The number of rotatable bonds is 5. The fourth-order valence-electron chi connectivity index (χ4n) is 2.79. The summed E-state index contributed by atoms with van der Waals surface area (Å²) in [5.74, 6) is -4.35. The molecule has 10 heteroatoms. The molecule has 140 valence electrons. The Morgan fingerprint density at radius 3 is 2.56 bits per heavy atom. The Labute approximate surface area is 141 Å². The number of alkyl halides is 3. The number of carbonyl (C=O) groups excluding carboxylic acids is 1. The van der Waals surface area contributed by atoms with E-state index in [2.05, 4.69) is 5.32 Å². The molecule has 1 saturated heterocycles. The van der Waals surface area contributed by atoms with Crippen LogP contribution in [0, 0.1) is 18.8 Å². The maximum absolute atomic E-state index is 13.0. The molecule has 1 aromatic heterocycles. The molecule has 1 aliphatic rings. The van der Waals surface area contributed by atoms with Crippen LogP contribution in [0.15, 0.2) is 16.5 Å². The van der Waals surface area contributed by atoms with Crippen LogP contribution < -0.4 is 5.32 Å². The molecule has 0 aliphatic carbocycles. The van der Waals surface area contributed by atoms with Crippen molar-refractivity contribution in [3.05, 3.63) is 23.7 Å². The Bertz CT molecular complexity index is 631. The third-order valence-corrected chi connectivity index (χ3v) is 4.08. The highest BCUT2D eigenvalue weighted by Crippen LogP contribution is 2.37. The van der Waals surface area contributed by atoms with Crippen molar-refractivity contribution < 1.29 is 37.0 Å². The second-order valence-corrected chi connectivity index (χ2v) is 5.90. The van der Waals surface area contributed by atoms with Gasteiger partial charge < -0.3 is 24.5 Å². The second kappa shape index (κ2) is 7.34. The maximum Gasteiger partial charge on any atom is 0.394 e. The number of carboxylic acids is 1. The number of carbonyl (C=O) groups is 2. The van der Waals surface area contributed by atoms with Crippen LogP contribution in [-0.2, 0) is 9.53 Å². The van der Waals surface area contributed by atoms with E-state index in [0.29, 0.717) is 11.5 Å². The predicted octanol–water partition coefficient (Wildman–Crippen LogP) is 2.18. The number of hydrogen-bond acceptors (Lipinski definition) is 4. The van der Waals surface area contributed by atoms with Crippen molar-refractivity contribution in [1.29, 1.82) is 0 Å². The van der Waals surface area contributed by atoms with Crippen LogP contribution in [-0.4, -0.2) is 55.0 Å². The van der Waals surface area contributed by atoms with E-state index in [1.165, 1.54) is 7.11 Å². The highest BCUT2D eigenvalue weighted by molar-refractivity contribution is 5.78. The lowest BCUT2D eigenvalue weighted by Gasteiger charge is -2.22. The molecule has 2 amide bonds. The Morgan fingerprint density at radius 1 is 1.44 bits per heavy atom. The number of carboxylic acid groups (broad SMARTS) is 1. The van der Waals surface area contributed by atoms with Crippen LogP contribution >= 0.6 is 0 Å². The third-order valence-electron chi connectivity index (χ3n) is 4.08. The zero-order chi connectivity index (χ0) is 18.8. The molecule has 0 bridgehead atoms. The summed E-state index contributed by atoms with van der Waals surface area (Å²) in [4.78, 5) is 24.2. The van der Waals surface area contributed by atoms with Gasteiger partial charge in [0.1, 0.15) is 17.6 Å². The summed E-state index contributed by atoms with van der Waals surface area (Å²) in [5.41, 5.74) is 0. The van der Waals surface area contributed by atoms with E-state index >= 15 is 0 Å². The summed E-state index contributed by atoms with van der Waals surface area (Å²) >= 11 is 0. The van der Waals surface area contributed by atoms with E-state index in [1.54, 1.807) is 19.1 Å². The number of ether oxygens (including phenoxy) is 1. The van der Waals surface area contributed by atoms with Crippen molar-refractivity contribution >= 4 is 12.0 Å². The molecule has 7 nitrogen and oxygen atoms in total. The van der Waals surface area contributed by atoms with Crippen molar-refractivity contribution in [1.82, 2.24) is 10.2 Å². The molecule has 1 aliphatic heterocycles. The summed E-state index contributed by atoms with van der Waals surface area (Å²) in [5, 5.41) is 11.5. The Hall–Kier alpha value is -2.23. The van der Waals surface area contributed by atoms with Crippen LogP contribution in [0.5, 0.6) is 0 Å². The number of aliphatic carboxylic acids is 1. The minimum atomic E-state index is -4.69. The summed E-state index contributed by atoms with van der Waals surface area (Å²) < 4.78 is 49.4. The summed E-state index contributed by atoms with van der Waals surface area (Å²) in [6, 6.07) is 1.82. The van der Waals surface area contributed by atoms with Crippen molar-refractivity contribution in [3.63, 3.8) is 0 Å². The fraction of sp³-hybridized carbons (Fsp3) is 0.600. The lowest BCUT2D eigenvalue weighted by atomic mass is 9.96. The largest absolute Gasteiger partial charge is 0.481 e. The van der Waals surface area contributed by atoms with Crippen LogP contribution in [0.3, 0.4) is 0 Å². The summed E-state index contributed by atoms with van der Waals surface area (Å²) in [7, 11) is 1.41. The van der Waals surface area contributed by atoms with Crippen LogP contribution in [0.25, 0.3) is 0 Å². The number of amides is 2. The standard InChI is InChI=1S/C15H19F3N2O5/c1-8-3-4-12(25-8)11(7-24-2)19-14(23)20-5-9(13(21)22)10(6-20)15(16,17)18/h3-4,9-11H,5-7H2,1-2H3,(H,19,23)(H,21,22)/t9-,10-,11?/m1/s1. The van der Waals surface area contributed by atoms with E-state index in [0.717, 1.165) is 4.90 Å². The van der Waals surface area contributed by atoms with E-state index < -0.39 is 49.1 Å². The first-order valence-electron chi connectivity index (χ1n) is 7.53. The van der Waals surface area contributed by atoms with Crippen molar-refractivity contribution in [2.24, 2.45) is 11.8 Å². The van der Waals surface area contributed by atoms with Gasteiger partial charge in [-0.3, -0.25) is 4.79 Å². The van der Waals surface area contributed by atoms with Crippen LogP contribution in [0.4, 0.5) is 18.0 Å². The Balaban J connectivity index is 2.10. The predicted molar refractivity (Wildman–Crippen MR) is 78.8 cm³/mol. The van der Waals surface area contributed by atoms with Gasteiger partial charge in [-0.1, -0.05) is 0 Å². The molecule has 0 radical (unpaired) electrons. The number of nitrogens with zero attached hydrogens (tertiary/aromatic N) is 1. The second-order valence-electron chi connectivity index (χ2n) is 5.90. The topological polar surface area (TPSA) is 92.0 Å². The average Bonchev–Trinajstić information content (AvgIpc) is 3.12.